The number of carbonyl (C=O) groups excluding carboxylic acids is 2. The number of ether oxygens (including phenoxy) is 2. The van der Waals surface area contributed by atoms with E-state index < -0.39 is 12.1 Å². The molecule has 1 fully saturated rings. The number of nitrogens with one attached hydrogen (secondary N) is 1. The van der Waals surface area contributed by atoms with Crippen molar-refractivity contribution in [2.45, 2.75) is 58.8 Å². The summed E-state index contributed by atoms with van der Waals surface area (Å²) < 4.78 is 10.3. The minimum absolute atomic E-state index is 0.0525. The average Bonchev–Trinajstić information content (AvgIpc) is 2.33. The van der Waals surface area contributed by atoms with Crippen molar-refractivity contribution in [3.8, 4) is 0 Å². The number of Topliss-reactive ketones (excluding diaryl/α,β-unsaturated/α-hetero) is 1. The fraction of sp³-hybridized carbons (Fsp3) is 0.857. The lowest BCUT2D eigenvalue weighted by atomic mass is 9.82. The molecule has 5 heteroatoms. The predicted octanol–water partition coefficient (Wildman–Crippen LogP) is 2.14. The van der Waals surface area contributed by atoms with Crippen molar-refractivity contribution in [1.29, 1.82) is 0 Å². The minimum Gasteiger partial charge on any atom is -0.453 e. The summed E-state index contributed by atoms with van der Waals surface area (Å²) >= 11 is 0. The second-order valence-electron chi connectivity index (χ2n) is 5.66. The van der Waals surface area contributed by atoms with Crippen LogP contribution < -0.4 is 5.32 Å². The Balaban J connectivity index is 2.82. The van der Waals surface area contributed by atoms with Gasteiger partial charge in [-0.05, 0) is 32.6 Å². The highest BCUT2D eigenvalue weighted by Crippen LogP contribution is 2.28. The lowest BCUT2D eigenvalue weighted by Crippen LogP contribution is -2.50. The van der Waals surface area contributed by atoms with Gasteiger partial charge in [-0.15, -0.1) is 0 Å². The zero-order chi connectivity index (χ0) is 14.6. The van der Waals surface area contributed by atoms with E-state index in [1.54, 1.807) is 0 Å². The van der Waals surface area contributed by atoms with E-state index >= 15 is 0 Å². The first-order valence-corrected chi connectivity index (χ1v) is 6.88. The molecule has 0 spiro atoms. The SMILES string of the molecule is COC(=O)NC(C(=O)C(C)C)C1CC(C)OC(C)C1. The Morgan fingerprint density at radius 1 is 1.21 bits per heavy atom. The minimum atomic E-state index is -0.550. The maximum Gasteiger partial charge on any atom is 0.407 e. The number of methoxy groups -OCH3 is 1. The van der Waals surface area contributed by atoms with Gasteiger partial charge in [0.2, 0.25) is 0 Å². The van der Waals surface area contributed by atoms with E-state index in [9.17, 15) is 9.59 Å². The van der Waals surface area contributed by atoms with E-state index in [-0.39, 0.29) is 29.8 Å². The van der Waals surface area contributed by atoms with Crippen LogP contribution in [-0.2, 0) is 14.3 Å². The predicted molar refractivity (Wildman–Crippen MR) is 71.9 cm³/mol. The Hall–Kier alpha value is -1.10. The Morgan fingerprint density at radius 2 is 1.74 bits per heavy atom. The van der Waals surface area contributed by atoms with Crippen LogP contribution >= 0.6 is 0 Å². The zero-order valence-corrected chi connectivity index (χ0v) is 12.4. The van der Waals surface area contributed by atoms with Gasteiger partial charge in [0.25, 0.3) is 0 Å². The summed E-state index contributed by atoms with van der Waals surface area (Å²) in [5, 5.41) is 2.69. The summed E-state index contributed by atoms with van der Waals surface area (Å²) in [6.07, 6.45) is 1.21. The Morgan fingerprint density at radius 3 is 2.16 bits per heavy atom. The first kappa shape index (κ1) is 16.0. The molecule has 3 unspecified atom stereocenters. The highest BCUT2D eigenvalue weighted by molar-refractivity contribution is 5.89. The molecule has 0 aromatic rings. The maximum atomic E-state index is 12.3. The third-order valence-corrected chi connectivity index (χ3v) is 3.54. The molecule has 5 nitrogen and oxygen atoms in total. The molecule has 1 rings (SSSR count). The first-order chi connectivity index (χ1) is 8.85. The molecule has 19 heavy (non-hydrogen) atoms. The molecule has 1 amide bonds. The van der Waals surface area contributed by atoms with Crippen molar-refractivity contribution in [3.63, 3.8) is 0 Å². The highest BCUT2D eigenvalue weighted by atomic mass is 16.5. The fourth-order valence-electron chi connectivity index (χ4n) is 2.70. The fourth-order valence-corrected chi connectivity index (χ4v) is 2.70. The number of rotatable bonds is 4. The van der Waals surface area contributed by atoms with Crippen LogP contribution in [0.15, 0.2) is 0 Å². The van der Waals surface area contributed by atoms with Gasteiger partial charge in [0.05, 0.1) is 25.4 Å². The monoisotopic (exact) mass is 271 g/mol. The average molecular weight is 271 g/mol. The lowest BCUT2D eigenvalue weighted by molar-refractivity contribution is -0.128. The molecule has 0 saturated carbocycles. The van der Waals surface area contributed by atoms with Crippen molar-refractivity contribution in [1.82, 2.24) is 5.32 Å². The third-order valence-electron chi connectivity index (χ3n) is 3.54. The number of ketones is 1. The van der Waals surface area contributed by atoms with Gasteiger partial charge in [-0.2, -0.15) is 0 Å². The first-order valence-electron chi connectivity index (χ1n) is 6.88. The molecule has 110 valence electrons. The number of alkyl carbamates (subject to hydrolysis) is 1. The Kier molecular flexibility index (Phi) is 5.79. The van der Waals surface area contributed by atoms with Crippen LogP contribution in [0.25, 0.3) is 0 Å². The quantitative estimate of drug-likeness (QED) is 0.850. The van der Waals surface area contributed by atoms with Crippen molar-refractivity contribution < 1.29 is 19.1 Å². The van der Waals surface area contributed by atoms with Crippen LogP contribution in [0.2, 0.25) is 0 Å². The van der Waals surface area contributed by atoms with Crippen molar-refractivity contribution >= 4 is 11.9 Å². The summed E-state index contributed by atoms with van der Waals surface area (Å²) in [6, 6.07) is -0.485. The topological polar surface area (TPSA) is 64.6 Å². The number of hydrogen-bond donors (Lipinski definition) is 1. The summed E-state index contributed by atoms with van der Waals surface area (Å²) in [4.78, 5) is 23.7. The van der Waals surface area contributed by atoms with Gasteiger partial charge in [-0.3, -0.25) is 4.79 Å². The van der Waals surface area contributed by atoms with Gasteiger partial charge in [-0.1, -0.05) is 13.8 Å². The second kappa shape index (κ2) is 6.89. The zero-order valence-electron chi connectivity index (χ0n) is 12.4. The van der Waals surface area contributed by atoms with Gasteiger partial charge in [0, 0.05) is 5.92 Å². The van der Waals surface area contributed by atoms with E-state index in [2.05, 4.69) is 10.1 Å². The Labute approximate surface area is 115 Å². The van der Waals surface area contributed by atoms with Gasteiger partial charge >= 0.3 is 6.09 Å². The van der Waals surface area contributed by atoms with Crippen molar-refractivity contribution in [2.24, 2.45) is 11.8 Å². The largest absolute Gasteiger partial charge is 0.453 e. The van der Waals surface area contributed by atoms with E-state index in [0.717, 1.165) is 12.8 Å². The smallest absolute Gasteiger partial charge is 0.407 e. The molecular weight excluding hydrogens is 246 g/mol. The van der Waals surface area contributed by atoms with Crippen LogP contribution in [0.4, 0.5) is 4.79 Å². The van der Waals surface area contributed by atoms with Crippen LogP contribution in [0.3, 0.4) is 0 Å². The van der Waals surface area contributed by atoms with Gasteiger partial charge in [0.15, 0.2) is 5.78 Å². The normalized spacial score (nSPS) is 28.8. The molecule has 0 aromatic carbocycles. The van der Waals surface area contributed by atoms with E-state index in [1.807, 2.05) is 27.7 Å². The maximum absolute atomic E-state index is 12.3. The standard InChI is InChI=1S/C14H25NO4/c1-8(2)13(16)12(15-14(17)18-5)11-6-9(3)19-10(4)7-11/h8-12H,6-7H2,1-5H3,(H,15,17). The van der Waals surface area contributed by atoms with Crippen molar-refractivity contribution in [3.05, 3.63) is 0 Å². The van der Waals surface area contributed by atoms with Crippen LogP contribution in [0.5, 0.6) is 0 Å². The molecule has 0 bridgehead atoms. The number of carbonyl (C=O) groups is 2. The summed E-state index contributed by atoms with van der Waals surface area (Å²) in [5.74, 6) is 0.0417. The third kappa shape index (κ3) is 4.49. The highest BCUT2D eigenvalue weighted by Gasteiger charge is 2.36. The van der Waals surface area contributed by atoms with Crippen LogP contribution in [-0.4, -0.2) is 37.2 Å². The van der Waals surface area contributed by atoms with E-state index in [0.29, 0.717) is 0 Å². The van der Waals surface area contributed by atoms with Gasteiger partial charge in [0.1, 0.15) is 0 Å². The Bertz CT molecular complexity index is 319. The molecule has 0 aliphatic carbocycles. The number of amides is 1. The molecule has 0 aromatic heterocycles. The molecule has 1 saturated heterocycles. The van der Waals surface area contributed by atoms with Gasteiger partial charge in [-0.25, -0.2) is 4.79 Å². The summed E-state index contributed by atoms with van der Waals surface area (Å²) in [7, 11) is 1.31. The summed E-state index contributed by atoms with van der Waals surface area (Å²) in [5.41, 5.74) is 0. The van der Waals surface area contributed by atoms with E-state index in [4.69, 9.17) is 4.74 Å². The molecule has 1 heterocycles. The number of hydrogen-bond acceptors (Lipinski definition) is 4. The molecule has 1 N–H and O–H groups in total. The second-order valence-corrected chi connectivity index (χ2v) is 5.66. The van der Waals surface area contributed by atoms with E-state index in [1.165, 1.54) is 7.11 Å². The molecule has 1 aliphatic rings. The van der Waals surface area contributed by atoms with Gasteiger partial charge < -0.3 is 14.8 Å². The van der Waals surface area contributed by atoms with Crippen LogP contribution in [0.1, 0.15) is 40.5 Å². The molecule has 3 atom stereocenters. The van der Waals surface area contributed by atoms with Crippen LogP contribution in [0, 0.1) is 11.8 Å². The molecule has 0 radical (unpaired) electrons. The molecule has 1 aliphatic heterocycles. The molecular formula is C14H25NO4. The van der Waals surface area contributed by atoms with Crippen molar-refractivity contribution in [2.75, 3.05) is 7.11 Å². The summed E-state index contributed by atoms with van der Waals surface area (Å²) in [6.45, 7) is 7.69. The lowest BCUT2D eigenvalue weighted by Gasteiger charge is -2.36.